The van der Waals surface area contributed by atoms with Gasteiger partial charge in [0, 0.05) is 67.3 Å². The van der Waals surface area contributed by atoms with Gasteiger partial charge in [-0.25, -0.2) is 4.39 Å². The highest BCUT2D eigenvalue weighted by molar-refractivity contribution is 7.22. The van der Waals surface area contributed by atoms with Crippen LogP contribution in [0.15, 0.2) is 91.1 Å². The van der Waals surface area contributed by atoms with Crippen LogP contribution in [0.2, 0.25) is 0 Å². The van der Waals surface area contributed by atoms with Crippen molar-refractivity contribution in [1.82, 2.24) is 20.5 Å². The molecule has 0 fully saturated rings. The Balaban J connectivity index is 1.19. The molecule has 0 radical (unpaired) electrons. The molecule has 46 heavy (non-hydrogen) atoms. The summed E-state index contributed by atoms with van der Waals surface area (Å²) >= 11 is 1.53. The molecule has 0 spiro atoms. The number of nitrogens with one attached hydrogen (secondary N) is 4. The molecule has 5 aromatic rings. The van der Waals surface area contributed by atoms with Crippen LogP contribution < -0.4 is 26.0 Å². The molecule has 11 heteroatoms. The summed E-state index contributed by atoms with van der Waals surface area (Å²) in [5.41, 5.74) is 3.86. The SMILES string of the molecule is CNCCNCCN(C)Cc1ccc(-c2cc3nccc(Oc4ccc(NC(=O)CC(=O)Nc5ccccc5)cc4F)c3s2)cc1. The third kappa shape index (κ3) is 9.18. The molecule has 0 aliphatic rings. The van der Waals surface area contributed by atoms with E-state index in [1.165, 1.54) is 35.1 Å². The zero-order valence-corrected chi connectivity index (χ0v) is 26.6. The van der Waals surface area contributed by atoms with Crippen molar-refractivity contribution in [2.75, 3.05) is 50.9 Å². The first-order valence-electron chi connectivity index (χ1n) is 15.0. The van der Waals surface area contributed by atoms with Crippen molar-refractivity contribution in [2.24, 2.45) is 0 Å². The van der Waals surface area contributed by atoms with E-state index >= 15 is 4.39 Å². The first-order chi connectivity index (χ1) is 22.4. The maximum absolute atomic E-state index is 15.1. The Kier molecular flexibility index (Phi) is 11.4. The van der Waals surface area contributed by atoms with Gasteiger partial charge in [-0.05, 0) is 55.6 Å². The Morgan fingerprint density at radius 2 is 1.63 bits per heavy atom. The number of aromatic nitrogens is 1. The zero-order valence-electron chi connectivity index (χ0n) is 25.8. The number of carbonyl (C=O) groups is 2. The fourth-order valence-corrected chi connectivity index (χ4v) is 5.84. The summed E-state index contributed by atoms with van der Waals surface area (Å²) in [6.45, 7) is 4.67. The average Bonchev–Trinajstić information content (AvgIpc) is 3.48. The number of likely N-dealkylation sites (N-methyl/N-ethyl adjacent to an activating group) is 2. The van der Waals surface area contributed by atoms with Gasteiger partial charge >= 0.3 is 0 Å². The monoisotopic (exact) mass is 640 g/mol. The maximum Gasteiger partial charge on any atom is 0.233 e. The number of benzene rings is 3. The second-order valence-corrected chi connectivity index (χ2v) is 11.9. The quantitative estimate of drug-likeness (QED) is 0.0809. The van der Waals surface area contributed by atoms with Crippen molar-refractivity contribution >= 4 is 44.7 Å². The molecule has 238 valence electrons. The Bertz CT molecular complexity index is 1760. The smallest absolute Gasteiger partial charge is 0.233 e. The van der Waals surface area contributed by atoms with Crippen molar-refractivity contribution in [3.8, 4) is 21.9 Å². The summed E-state index contributed by atoms with van der Waals surface area (Å²) in [6.07, 6.45) is 1.23. The number of fused-ring (bicyclic) bond motifs is 1. The largest absolute Gasteiger partial charge is 0.453 e. The van der Waals surface area contributed by atoms with Crippen molar-refractivity contribution in [1.29, 1.82) is 0 Å². The molecule has 5 rings (SSSR count). The minimum Gasteiger partial charge on any atom is -0.453 e. The highest BCUT2D eigenvalue weighted by Crippen LogP contribution is 2.39. The third-order valence-electron chi connectivity index (χ3n) is 7.10. The highest BCUT2D eigenvalue weighted by atomic mass is 32.1. The van der Waals surface area contributed by atoms with Crippen LogP contribution in [0.4, 0.5) is 15.8 Å². The lowest BCUT2D eigenvalue weighted by molar-refractivity contribution is -0.123. The number of hydrogen-bond acceptors (Lipinski definition) is 8. The van der Waals surface area contributed by atoms with E-state index in [2.05, 4.69) is 62.5 Å². The number of thiophene rings is 1. The average molecular weight is 641 g/mol. The summed E-state index contributed by atoms with van der Waals surface area (Å²) in [5, 5.41) is 11.8. The highest BCUT2D eigenvalue weighted by Gasteiger charge is 2.15. The number of ether oxygens (including phenoxy) is 1. The van der Waals surface area contributed by atoms with E-state index in [0.29, 0.717) is 11.4 Å². The molecule has 9 nitrogen and oxygen atoms in total. The lowest BCUT2D eigenvalue weighted by Gasteiger charge is -2.17. The molecular weight excluding hydrogens is 603 g/mol. The Labute approximate surface area is 271 Å². The standard InChI is InChI=1S/C35H37FN6O3S/c1-37-16-17-38-18-19-42(2)23-24-8-10-25(11-9-24)32-21-29-35(46-32)31(14-15-39-29)45-30-13-12-27(20-28(30)36)41-34(44)22-33(43)40-26-6-4-3-5-7-26/h3-15,20-21,37-38H,16-19,22-23H2,1-2H3,(H,40,43)(H,41,44). The third-order valence-corrected chi connectivity index (χ3v) is 8.29. The summed E-state index contributed by atoms with van der Waals surface area (Å²) in [4.78, 5) is 32.3. The van der Waals surface area contributed by atoms with E-state index in [1.54, 1.807) is 36.5 Å². The Morgan fingerprint density at radius 3 is 2.37 bits per heavy atom. The van der Waals surface area contributed by atoms with Gasteiger partial charge in [0.1, 0.15) is 12.2 Å². The number of para-hydroxylation sites is 1. The van der Waals surface area contributed by atoms with E-state index in [-0.39, 0.29) is 11.4 Å². The molecule has 0 unspecified atom stereocenters. The molecule has 2 amide bonds. The van der Waals surface area contributed by atoms with Crippen LogP contribution in [0.3, 0.4) is 0 Å². The Morgan fingerprint density at radius 1 is 0.870 bits per heavy atom. The second kappa shape index (κ2) is 16.1. The molecule has 2 aromatic heterocycles. The van der Waals surface area contributed by atoms with Gasteiger partial charge in [-0.1, -0.05) is 42.5 Å². The van der Waals surface area contributed by atoms with Crippen molar-refractivity contribution in [2.45, 2.75) is 13.0 Å². The minimum atomic E-state index is -0.650. The number of nitrogens with zero attached hydrogens (tertiary/aromatic N) is 2. The number of amides is 2. The molecule has 0 atom stereocenters. The first-order valence-corrected chi connectivity index (χ1v) is 15.8. The van der Waals surface area contributed by atoms with Gasteiger partial charge in [0.15, 0.2) is 11.6 Å². The van der Waals surface area contributed by atoms with Crippen LogP contribution >= 0.6 is 11.3 Å². The van der Waals surface area contributed by atoms with Gasteiger partial charge in [0.05, 0.1) is 10.2 Å². The number of hydrogen-bond donors (Lipinski definition) is 4. The van der Waals surface area contributed by atoms with Gasteiger partial charge in [-0.2, -0.15) is 0 Å². The van der Waals surface area contributed by atoms with Crippen LogP contribution in [0.5, 0.6) is 11.5 Å². The predicted molar refractivity (Wildman–Crippen MR) is 183 cm³/mol. The van der Waals surface area contributed by atoms with Crippen LogP contribution in [-0.2, 0) is 16.1 Å². The lowest BCUT2D eigenvalue weighted by Crippen LogP contribution is -2.32. The van der Waals surface area contributed by atoms with Crippen LogP contribution in [0, 0.1) is 5.82 Å². The normalized spacial score (nSPS) is 11.1. The van der Waals surface area contributed by atoms with Crippen molar-refractivity contribution < 1.29 is 18.7 Å². The van der Waals surface area contributed by atoms with E-state index < -0.39 is 24.1 Å². The van der Waals surface area contributed by atoms with E-state index in [0.717, 1.165) is 53.4 Å². The molecule has 0 bridgehead atoms. The van der Waals surface area contributed by atoms with Gasteiger partial charge in [0.25, 0.3) is 0 Å². The molecule has 3 aromatic carbocycles. The topological polar surface area (TPSA) is 108 Å². The Hall–Kier alpha value is -4.68. The number of halogens is 1. The molecule has 0 saturated carbocycles. The molecule has 0 aliphatic carbocycles. The molecule has 0 saturated heterocycles. The number of anilines is 2. The fraction of sp³-hybridized carbons (Fsp3) is 0.229. The zero-order chi connectivity index (χ0) is 32.3. The summed E-state index contributed by atoms with van der Waals surface area (Å²) in [6, 6.07) is 25.2. The van der Waals surface area contributed by atoms with Crippen molar-refractivity contribution in [3.05, 3.63) is 103 Å². The van der Waals surface area contributed by atoms with E-state index in [4.69, 9.17) is 4.74 Å². The van der Waals surface area contributed by atoms with Gasteiger partial charge < -0.3 is 30.9 Å². The first kappa shape index (κ1) is 32.7. The molecule has 4 N–H and O–H groups in total. The van der Waals surface area contributed by atoms with Gasteiger partial charge in [-0.3, -0.25) is 14.6 Å². The van der Waals surface area contributed by atoms with E-state index in [9.17, 15) is 9.59 Å². The molecule has 0 aliphatic heterocycles. The van der Waals surface area contributed by atoms with Crippen LogP contribution in [0.25, 0.3) is 20.7 Å². The van der Waals surface area contributed by atoms with Crippen LogP contribution in [-0.4, -0.2) is 62.0 Å². The number of rotatable bonds is 15. The number of carbonyl (C=O) groups excluding carboxylic acids is 2. The summed E-state index contributed by atoms with van der Waals surface area (Å²) in [5.74, 6) is -1.19. The molecule has 2 heterocycles. The lowest BCUT2D eigenvalue weighted by atomic mass is 10.1. The van der Waals surface area contributed by atoms with E-state index in [1.807, 2.05) is 19.2 Å². The predicted octanol–water partition coefficient (Wildman–Crippen LogP) is 6.10. The summed E-state index contributed by atoms with van der Waals surface area (Å²) in [7, 11) is 4.07. The van der Waals surface area contributed by atoms with Gasteiger partial charge in [-0.15, -0.1) is 11.3 Å². The molecular formula is C35H37FN6O3S. The van der Waals surface area contributed by atoms with Crippen molar-refractivity contribution in [3.63, 3.8) is 0 Å². The summed E-state index contributed by atoms with van der Waals surface area (Å²) < 4.78 is 21.9. The fourth-order valence-electron chi connectivity index (χ4n) is 4.77. The maximum atomic E-state index is 15.1. The number of pyridine rings is 1. The van der Waals surface area contributed by atoms with Gasteiger partial charge in [0.2, 0.25) is 11.8 Å². The second-order valence-electron chi connectivity index (χ2n) is 10.8. The minimum absolute atomic E-state index is 0.00738. The van der Waals surface area contributed by atoms with Crippen LogP contribution in [0.1, 0.15) is 12.0 Å².